The second-order valence-electron chi connectivity index (χ2n) is 8.98. The monoisotopic (exact) mass is 608 g/mol. The zero-order chi connectivity index (χ0) is 27.3. The molecule has 0 saturated heterocycles. The molecule has 3 N–H and O–H groups in total. The normalized spacial score (nSPS) is 13.1. The Morgan fingerprint density at radius 2 is 1.82 bits per heavy atom. The standard InChI is InChI=1S/C27H34BrClN4O5/c1-18(2)30-11-3-14-37-24-9-6-20(16-21(24)28)36-13-4-12-31-27(35)17-38-25-8-5-19(15-22(25)29)23-7-10-26(34)33-32-23/h5-6,8-9,15-16,18,30H,3-4,7,10-14,17H2,1-2H3,(H,31,35)(H,33,34). The van der Waals surface area contributed by atoms with Gasteiger partial charge in [-0.25, -0.2) is 5.43 Å². The summed E-state index contributed by atoms with van der Waals surface area (Å²) in [6.07, 6.45) is 2.49. The van der Waals surface area contributed by atoms with Crippen molar-refractivity contribution in [2.45, 2.75) is 45.6 Å². The van der Waals surface area contributed by atoms with Crippen molar-refractivity contribution in [3.63, 3.8) is 0 Å². The summed E-state index contributed by atoms with van der Waals surface area (Å²) >= 11 is 9.83. The van der Waals surface area contributed by atoms with Crippen LogP contribution in [-0.4, -0.2) is 56.5 Å². The predicted octanol–water partition coefficient (Wildman–Crippen LogP) is 4.45. The highest BCUT2D eigenvalue weighted by Crippen LogP contribution is 2.29. The third kappa shape index (κ3) is 10.2. The van der Waals surface area contributed by atoms with Gasteiger partial charge in [-0.05, 0) is 77.3 Å². The number of ether oxygens (including phenoxy) is 3. The van der Waals surface area contributed by atoms with Crippen molar-refractivity contribution in [1.29, 1.82) is 0 Å². The van der Waals surface area contributed by atoms with Gasteiger partial charge in [0.15, 0.2) is 6.61 Å². The lowest BCUT2D eigenvalue weighted by Crippen LogP contribution is -2.30. The average Bonchev–Trinajstić information content (AvgIpc) is 2.89. The van der Waals surface area contributed by atoms with Gasteiger partial charge in [-0.2, -0.15) is 5.10 Å². The van der Waals surface area contributed by atoms with Crippen molar-refractivity contribution in [3.8, 4) is 17.2 Å². The molecule has 11 heteroatoms. The van der Waals surface area contributed by atoms with Crippen LogP contribution in [-0.2, 0) is 9.59 Å². The summed E-state index contributed by atoms with van der Waals surface area (Å²) in [5.41, 5.74) is 4.02. The summed E-state index contributed by atoms with van der Waals surface area (Å²) in [6.45, 7) is 6.54. The number of nitrogens with one attached hydrogen (secondary N) is 3. The Labute approximate surface area is 236 Å². The molecule has 0 aliphatic carbocycles. The van der Waals surface area contributed by atoms with Gasteiger partial charge in [0, 0.05) is 25.4 Å². The largest absolute Gasteiger partial charge is 0.493 e. The number of halogens is 2. The molecule has 2 aromatic carbocycles. The van der Waals surface area contributed by atoms with Crippen LogP contribution in [0.2, 0.25) is 5.02 Å². The molecular weight excluding hydrogens is 576 g/mol. The van der Waals surface area contributed by atoms with Crippen LogP contribution in [0.1, 0.15) is 45.1 Å². The van der Waals surface area contributed by atoms with Crippen molar-refractivity contribution < 1.29 is 23.8 Å². The van der Waals surface area contributed by atoms with Crippen LogP contribution in [0, 0.1) is 0 Å². The molecule has 2 amide bonds. The van der Waals surface area contributed by atoms with Gasteiger partial charge < -0.3 is 24.8 Å². The Bertz CT molecular complexity index is 1130. The fourth-order valence-corrected chi connectivity index (χ4v) is 4.20. The molecule has 0 unspecified atom stereocenters. The molecule has 0 atom stereocenters. The molecule has 3 rings (SSSR count). The number of carbonyl (C=O) groups excluding carboxylic acids is 2. The summed E-state index contributed by atoms with van der Waals surface area (Å²) in [4.78, 5) is 23.4. The van der Waals surface area contributed by atoms with Crippen LogP contribution in [0.25, 0.3) is 0 Å². The highest BCUT2D eigenvalue weighted by Gasteiger charge is 2.15. The molecule has 1 aliphatic heterocycles. The molecular formula is C27H34BrClN4O5. The van der Waals surface area contributed by atoms with E-state index in [0.29, 0.717) is 55.8 Å². The third-order valence-corrected chi connectivity index (χ3v) is 6.39. The minimum Gasteiger partial charge on any atom is -0.493 e. The molecule has 1 heterocycles. The quantitative estimate of drug-likeness (QED) is 0.258. The minimum absolute atomic E-state index is 0.106. The molecule has 9 nitrogen and oxygen atoms in total. The molecule has 0 aromatic heterocycles. The molecule has 0 radical (unpaired) electrons. The first-order valence-electron chi connectivity index (χ1n) is 12.6. The summed E-state index contributed by atoms with van der Waals surface area (Å²) in [7, 11) is 0. The molecule has 206 valence electrons. The van der Waals surface area contributed by atoms with Crippen LogP contribution < -0.4 is 30.3 Å². The smallest absolute Gasteiger partial charge is 0.257 e. The van der Waals surface area contributed by atoms with E-state index in [1.54, 1.807) is 18.2 Å². The maximum Gasteiger partial charge on any atom is 0.257 e. The predicted molar refractivity (Wildman–Crippen MR) is 151 cm³/mol. The number of carbonyl (C=O) groups is 2. The first-order chi connectivity index (χ1) is 18.3. The van der Waals surface area contributed by atoms with Crippen molar-refractivity contribution in [2.75, 3.05) is 32.9 Å². The molecule has 0 fully saturated rings. The number of benzene rings is 2. The highest BCUT2D eigenvalue weighted by molar-refractivity contribution is 9.10. The van der Waals surface area contributed by atoms with Gasteiger partial charge in [-0.3, -0.25) is 9.59 Å². The summed E-state index contributed by atoms with van der Waals surface area (Å²) in [5.74, 6) is 1.54. The maximum atomic E-state index is 12.1. The van der Waals surface area contributed by atoms with Crippen molar-refractivity contribution >= 4 is 45.1 Å². The van der Waals surface area contributed by atoms with Crippen molar-refractivity contribution in [2.24, 2.45) is 5.10 Å². The van der Waals surface area contributed by atoms with Crippen LogP contribution in [0.15, 0.2) is 46.0 Å². The van der Waals surface area contributed by atoms with E-state index in [1.807, 2.05) is 18.2 Å². The number of rotatable bonds is 15. The minimum atomic E-state index is -0.252. The van der Waals surface area contributed by atoms with E-state index in [2.05, 4.69) is 50.9 Å². The molecule has 0 spiro atoms. The molecule has 0 bridgehead atoms. The third-order valence-electron chi connectivity index (χ3n) is 5.47. The van der Waals surface area contributed by atoms with E-state index in [9.17, 15) is 9.59 Å². The maximum absolute atomic E-state index is 12.1. The van der Waals surface area contributed by atoms with Crippen LogP contribution in [0.5, 0.6) is 17.2 Å². The summed E-state index contributed by atoms with van der Waals surface area (Å²) < 4.78 is 18.0. The summed E-state index contributed by atoms with van der Waals surface area (Å²) in [6, 6.07) is 11.3. The van der Waals surface area contributed by atoms with Gasteiger partial charge in [0.05, 0.1) is 28.4 Å². The molecule has 0 saturated carbocycles. The fourth-order valence-electron chi connectivity index (χ4n) is 3.50. The van der Waals surface area contributed by atoms with Crippen LogP contribution in [0.3, 0.4) is 0 Å². The lowest BCUT2D eigenvalue weighted by molar-refractivity contribution is -0.123. The Kier molecular flexibility index (Phi) is 12.2. The van der Waals surface area contributed by atoms with Crippen LogP contribution in [0.4, 0.5) is 0 Å². The Morgan fingerprint density at radius 3 is 2.53 bits per heavy atom. The van der Waals surface area contributed by atoms with E-state index < -0.39 is 0 Å². The highest BCUT2D eigenvalue weighted by atomic mass is 79.9. The molecule has 38 heavy (non-hydrogen) atoms. The van der Waals surface area contributed by atoms with Gasteiger partial charge in [0.25, 0.3) is 5.91 Å². The first-order valence-corrected chi connectivity index (χ1v) is 13.8. The zero-order valence-electron chi connectivity index (χ0n) is 21.6. The molecule has 2 aromatic rings. The van der Waals surface area contributed by atoms with Crippen molar-refractivity contribution in [3.05, 3.63) is 51.5 Å². The summed E-state index contributed by atoms with van der Waals surface area (Å²) in [5, 5.41) is 10.6. The Hall–Kier alpha value is -2.82. The number of nitrogens with zero attached hydrogens (tertiary/aromatic N) is 1. The lowest BCUT2D eigenvalue weighted by atomic mass is 10.0. The van der Waals surface area contributed by atoms with E-state index in [0.717, 1.165) is 40.2 Å². The topological polar surface area (TPSA) is 110 Å². The number of hydrogen-bond donors (Lipinski definition) is 3. The van der Waals surface area contributed by atoms with Crippen LogP contribution >= 0.6 is 27.5 Å². The zero-order valence-corrected chi connectivity index (χ0v) is 24.0. The SMILES string of the molecule is CC(C)NCCCOc1ccc(OCCCNC(=O)COc2ccc(C3=NNC(=O)CC3)cc2Cl)cc1Br. The van der Waals surface area contributed by atoms with Gasteiger partial charge in [0.1, 0.15) is 17.2 Å². The number of hydrazone groups is 1. The van der Waals surface area contributed by atoms with E-state index in [1.165, 1.54) is 0 Å². The lowest BCUT2D eigenvalue weighted by Gasteiger charge is -2.14. The van der Waals surface area contributed by atoms with Gasteiger partial charge in [0.2, 0.25) is 5.91 Å². The van der Waals surface area contributed by atoms with E-state index in [-0.39, 0.29) is 18.4 Å². The molecule has 1 aliphatic rings. The van der Waals surface area contributed by atoms with Gasteiger partial charge in [-0.1, -0.05) is 25.4 Å². The fraction of sp³-hybridized carbons (Fsp3) is 0.444. The first kappa shape index (κ1) is 29.7. The van der Waals surface area contributed by atoms with Gasteiger partial charge >= 0.3 is 0 Å². The number of hydrogen-bond acceptors (Lipinski definition) is 7. The van der Waals surface area contributed by atoms with E-state index >= 15 is 0 Å². The number of amides is 2. The second kappa shape index (κ2) is 15.6. The average molecular weight is 610 g/mol. The van der Waals surface area contributed by atoms with E-state index in [4.69, 9.17) is 25.8 Å². The Balaban J connectivity index is 1.30. The van der Waals surface area contributed by atoms with Crippen molar-refractivity contribution in [1.82, 2.24) is 16.1 Å². The Morgan fingerprint density at radius 1 is 1.05 bits per heavy atom. The van der Waals surface area contributed by atoms with Gasteiger partial charge in [-0.15, -0.1) is 0 Å². The second-order valence-corrected chi connectivity index (χ2v) is 10.2.